The lowest BCUT2D eigenvalue weighted by Gasteiger charge is -2.26. The Hall–Kier alpha value is -1.05. The summed E-state index contributed by atoms with van der Waals surface area (Å²) in [5.74, 6) is 0.910. The summed E-state index contributed by atoms with van der Waals surface area (Å²) in [5.41, 5.74) is 1.23. The van der Waals surface area contributed by atoms with Crippen LogP contribution in [0.3, 0.4) is 0 Å². The fourth-order valence-electron chi connectivity index (χ4n) is 1.57. The summed E-state index contributed by atoms with van der Waals surface area (Å²) in [6.07, 6.45) is 5.98. The van der Waals surface area contributed by atoms with E-state index in [1.807, 2.05) is 12.3 Å². The summed E-state index contributed by atoms with van der Waals surface area (Å²) >= 11 is 0. The van der Waals surface area contributed by atoms with Gasteiger partial charge in [0.1, 0.15) is 5.75 Å². The minimum absolute atomic E-state index is 0.120. The first-order valence-electron chi connectivity index (χ1n) is 5.69. The van der Waals surface area contributed by atoms with E-state index < -0.39 is 0 Å². The fraction of sp³-hybridized carbons (Fsp3) is 0.615. The summed E-state index contributed by atoms with van der Waals surface area (Å²) in [4.78, 5) is 4.44. The van der Waals surface area contributed by atoms with Crippen LogP contribution in [-0.2, 0) is 5.41 Å². The van der Waals surface area contributed by atoms with Gasteiger partial charge in [0.25, 0.3) is 0 Å². The van der Waals surface area contributed by atoms with E-state index in [0.29, 0.717) is 6.10 Å². The Morgan fingerprint density at radius 1 is 1.27 bits per heavy atom. The average molecular weight is 205 g/mol. The largest absolute Gasteiger partial charge is 0.489 e. The fourth-order valence-corrected chi connectivity index (χ4v) is 1.57. The first-order valence-corrected chi connectivity index (χ1v) is 5.69. The molecule has 1 aromatic heterocycles. The third-order valence-electron chi connectivity index (χ3n) is 2.86. The highest BCUT2D eigenvalue weighted by molar-refractivity contribution is 5.23. The van der Waals surface area contributed by atoms with Crippen molar-refractivity contribution in [1.29, 1.82) is 0 Å². The maximum atomic E-state index is 5.76. The van der Waals surface area contributed by atoms with Gasteiger partial charge in [-0.25, -0.2) is 0 Å². The van der Waals surface area contributed by atoms with Crippen LogP contribution in [0.25, 0.3) is 0 Å². The van der Waals surface area contributed by atoms with Gasteiger partial charge in [-0.05, 0) is 31.4 Å². The first kappa shape index (κ1) is 10.5. The van der Waals surface area contributed by atoms with Gasteiger partial charge in [-0.2, -0.15) is 0 Å². The Kier molecular flexibility index (Phi) is 2.68. The van der Waals surface area contributed by atoms with Crippen LogP contribution in [-0.4, -0.2) is 11.1 Å². The van der Waals surface area contributed by atoms with E-state index in [0.717, 1.165) is 11.4 Å². The van der Waals surface area contributed by atoms with Gasteiger partial charge in [-0.15, -0.1) is 0 Å². The lowest BCUT2D eigenvalue weighted by Crippen LogP contribution is -2.24. The van der Waals surface area contributed by atoms with Crippen molar-refractivity contribution >= 4 is 0 Å². The zero-order chi connectivity index (χ0) is 10.9. The highest BCUT2D eigenvalue weighted by Gasteiger charge is 2.20. The summed E-state index contributed by atoms with van der Waals surface area (Å²) in [5, 5.41) is 0. The molecular formula is C13H19NO. The Morgan fingerprint density at radius 3 is 2.40 bits per heavy atom. The quantitative estimate of drug-likeness (QED) is 0.739. The second-order valence-electron chi connectivity index (χ2n) is 5.30. The molecule has 1 aliphatic carbocycles. The lowest BCUT2D eigenvalue weighted by molar-refractivity contribution is 0.120. The normalized spacial score (nSPS) is 17.3. The number of pyridine rings is 1. The minimum atomic E-state index is 0.120. The van der Waals surface area contributed by atoms with Crippen LogP contribution >= 0.6 is 0 Å². The standard InChI is InChI=1S/C13H19NO/c1-13(2,3)12-8-7-11(9-14-12)15-10-5-4-6-10/h7-10H,4-6H2,1-3H3. The molecule has 0 atom stereocenters. The van der Waals surface area contributed by atoms with Crippen molar-refractivity contribution in [3.8, 4) is 5.75 Å². The molecule has 82 valence electrons. The number of hydrogen-bond donors (Lipinski definition) is 0. The maximum absolute atomic E-state index is 5.76. The van der Waals surface area contributed by atoms with Gasteiger partial charge in [0.2, 0.25) is 0 Å². The lowest BCUT2D eigenvalue weighted by atomic mass is 9.92. The van der Waals surface area contributed by atoms with E-state index in [9.17, 15) is 0 Å². The molecular weight excluding hydrogens is 186 g/mol. The van der Waals surface area contributed by atoms with Gasteiger partial charge in [-0.3, -0.25) is 4.98 Å². The molecule has 1 heterocycles. The molecule has 0 aromatic carbocycles. The molecule has 1 fully saturated rings. The topological polar surface area (TPSA) is 22.1 Å². The zero-order valence-electron chi connectivity index (χ0n) is 9.79. The van der Waals surface area contributed by atoms with Crippen LogP contribution in [0.2, 0.25) is 0 Å². The third-order valence-corrected chi connectivity index (χ3v) is 2.86. The van der Waals surface area contributed by atoms with E-state index in [2.05, 4.69) is 31.8 Å². The number of nitrogens with zero attached hydrogens (tertiary/aromatic N) is 1. The Balaban J connectivity index is 2.03. The van der Waals surface area contributed by atoms with Gasteiger partial charge in [0.05, 0.1) is 12.3 Å². The molecule has 1 aliphatic rings. The van der Waals surface area contributed by atoms with E-state index in [1.165, 1.54) is 19.3 Å². The first-order chi connectivity index (χ1) is 7.05. The van der Waals surface area contributed by atoms with Crippen molar-refractivity contribution in [2.24, 2.45) is 0 Å². The molecule has 2 heteroatoms. The van der Waals surface area contributed by atoms with Crippen molar-refractivity contribution in [3.05, 3.63) is 24.0 Å². The molecule has 0 bridgehead atoms. The molecule has 2 rings (SSSR count). The molecule has 0 spiro atoms. The molecule has 2 nitrogen and oxygen atoms in total. The Morgan fingerprint density at radius 2 is 2.00 bits per heavy atom. The number of aromatic nitrogens is 1. The molecule has 1 aromatic rings. The molecule has 0 radical (unpaired) electrons. The second kappa shape index (κ2) is 3.84. The van der Waals surface area contributed by atoms with Gasteiger partial charge in [-0.1, -0.05) is 20.8 Å². The van der Waals surface area contributed by atoms with Crippen LogP contribution in [0.5, 0.6) is 5.75 Å². The molecule has 0 aliphatic heterocycles. The number of ether oxygens (including phenoxy) is 1. The Labute approximate surface area is 91.7 Å². The molecule has 15 heavy (non-hydrogen) atoms. The van der Waals surface area contributed by atoms with Crippen LogP contribution in [0.1, 0.15) is 45.7 Å². The molecule has 0 amide bonds. The van der Waals surface area contributed by atoms with Gasteiger partial charge in [0.15, 0.2) is 0 Å². The van der Waals surface area contributed by atoms with Crippen molar-refractivity contribution in [2.75, 3.05) is 0 Å². The molecule has 0 saturated heterocycles. The summed E-state index contributed by atoms with van der Waals surface area (Å²) in [6, 6.07) is 4.10. The summed E-state index contributed by atoms with van der Waals surface area (Å²) < 4.78 is 5.76. The number of hydrogen-bond acceptors (Lipinski definition) is 2. The predicted octanol–water partition coefficient (Wildman–Crippen LogP) is 3.31. The van der Waals surface area contributed by atoms with Crippen molar-refractivity contribution < 1.29 is 4.74 Å². The second-order valence-corrected chi connectivity index (χ2v) is 5.30. The predicted molar refractivity (Wildman–Crippen MR) is 61.2 cm³/mol. The van der Waals surface area contributed by atoms with E-state index in [4.69, 9.17) is 4.74 Å². The zero-order valence-corrected chi connectivity index (χ0v) is 9.79. The highest BCUT2D eigenvalue weighted by Crippen LogP contribution is 2.26. The van der Waals surface area contributed by atoms with Crippen LogP contribution in [0.15, 0.2) is 18.3 Å². The number of rotatable bonds is 2. The van der Waals surface area contributed by atoms with Crippen LogP contribution < -0.4 is 4.74 Å². The van der Waals surface area contributed by atoms with Crippen LogP contribution in [0, 0.1) is 0 Å². The molecule has 1 saturated carbocycles. The minimum Gasteiger partial charge on any atom is -0.489 e. The Bertz CT molecular complexity index is 319. The molecule has 0 N–H and O–H groups in total. The SMILES string of the molecule is CC(C)(C)c1ccc(OC2CCC2)cn1. The average Bonchev–Trinajstić information content (AvgIpc) is 2.11. The van der Waals surface area contributed by atoms with E-state index in [1.54, 1.807) is 0 Å². The third kappa shape index (κ3) is 2.49. The summed E-state index contributed by atoms with van der Waals surface area (Å²) in [6.45, 7) is 6.51. The van der Waals surface area contributed by atoms with Crippen LogP contribution in [0.4, 0.5) is 0 Å². The molecule has 0 unspecified atom stereocenters. The van der Waals surface area contributed by atoms with Crippen molar-refractivity contribution in [2.45, 2.75) is 51.6 Å². The summed E-state index contributed by atoms with van der Waals surface area (Å²) in [7, 11) is 0. The van der Waals surface area contributed by atoms with Gasteiger partial charge in [0, 0.05) is 11.1 Å². The highest BCUT2D eigenvalue weighted by atomic mass is 16.5. The van der Waals surface area contributed by atoms with E-state index in [-0.39, 0.29) is 5.41 Å². The smallest absolute Gasteiger partial charge is 0.138 e. The maximum Gasteiger partial charge on any atom is 0.138 e. The van der Waals surface area contributed by atoms with Gasteiger partial charge < -0.3 is 4.74 Å². The monoisotopic (exact) mass is 205 g/mol. The van der Waals surface area contributed by atoms with Gasteiger partial charge >= 0.3 is 0 Å². The van der Waals surface area contributed by atoms with E-state index >= 15 is 0 Å². The van der Waals surface area contributed by atoms with Crippen molar-refractivity contribution in [1.82, 2.24) is 4.98 Å². The van der Waals surface area contributed by atoms with Crippen molar-refractivity contribution in [3.63, 3.8) is 0 Å².